The fraction of sp³-hybridized carbons (Fsp3) is 0.160. The maximum atomic E-state index is 13.1. The molecular weight excluding hydrogens is 424 g/mol. The highest BCUT2D eigenvalue weighted by Crippen LogP contribution is 2.31. The highest BCUT2D eigenvalue weighted by atomic mass is 32.1. The summed E-state index contributed by atoms with van der Waals surface area (Å²) in [7, 11) is 1.54. The number of carbonyl (C=O) groups excluding carboxylic acids is 2. The first-order chi connectivity index (χ1) is 15.5. The quantitative estimate of drug-likeness (QED) is 0.454. The first-order valence-corrected chi connectivity index (χ1v) is 11.0. The maximum Gasteiger partial charge on any atom is 0.356 e. The number of hydrogen-bond acceptors (Lipinski definition) is 5. The topological polar surface area (TPSA) is 77.4 Å². The number of esters is 1. The Hall–Kier alpha value is -3.71. The molecule has 0 aliphatic rings. The van der Waals surface area contributed by atoms with E-state index in [9.17, 15) is 14.4 Å². The molecule has 2 aromatic heterocycles. The number of nitrogens with zero attached hydrogens (tertiary/aromatic N) is 1. The smallest absolute Gasteiger partial charge is 0.356 e. The summed E-state index contributed by atoms with van der Waals surface area (Å²) in [5.74, 6) is -1.13. The van der Waals surface area contributed by atoms with Gasteiger partial charge in [-0.1, -0.05) is 54.1 Å². The maximum absolute atomic E-state index is 13.1. The molecule has 0 fully saturated rings. The van der Waals surface area contributed by atoms with E-state index in [4.69, 9.17) is 4.74 Å². The number of benzene rings is 2. The monoisotopic (exact) mass is 446 g/mol. The Balaban J connectivity index is 1.68. The van der Waals surface area contributed by atoms with E-state index < -0.39 is 18.5 Å². The molecule has 0 saturated carbocycles. The first kappa shape index (κ1) is 21.5. The molecule has 0 saturated heterocycles. The number of hydrogen-bond donors (Lipinski definition) is 1. The second-order valence-electron chi connectivity index (χ2n) is 7.43. The van der Waals surface area contributed by atoms with Gasteiger partial charge in [0.05, 0.1) is 6.54 Å². The van der Waals surface area contributed by atoms with E-state index in [0.717, 1.165) is 16.0 Å². The minimum atomic E-state index is -0.725. The predicted molar refractivity (Wildman–Crippen MR) is 126 cm³/mol. The lowest BCUT2D eigenvalue weighted by Crippen LogP contribution is -2.30. The number of pyridine rings is 1. The number of fused-ring (bicyclic) bond motifs is 1. The average Bonchev–Trinajstić information content (AvgIpc) is 3.33. The fourth-order valence-corrected chi connectivity index (χ4v) is 4.21. The second kappa shape index (κ2) is 9.20. The Kier molecular flexibility index (Phi) is 6.18. The molecule has 0 aliphatic heterocycles. The van der Waals surface area contributed by atoms with Crippen LogP contribution in [0.5, 0.6) is 0 Å². The number of carbonyl (C=O) groups is 2. The van der Waals surface area contributed by atoms with Crippen LogP contribution in [-0.2, 0) is 23.1 Å². The van der Waals surface area contributed by atoms with Crippen molar-refractivity contribution in [2.45, 2.75) is 13.5 Å². The third kappa shape index (κ3) is 4.33. The van der Waals surface area contributed by atoms with Gasteiger partial charge in [0.2, 0.25) is 0 Å². The summed E-state index contributed by atoms with van der Waals surface area (Å²) in [6, 6.07) is 18.7. The molecule has 4 rings (SSSR count). The van der Waals surface area contributed by atoms with Crippen LogP contribution in [0.4, 0.5) is 0 Å². The van der Waals surface area contributed by atoms with Crippen molar-refractivity contribution in [3.63, 3.8) is 0 Å². The van der Waals surface area contributed by atoms with Crippen molar-refractivity contribution in [2.75, 3.05) is 6.61 Å². The number of ether oxygens (including phenoxy) is 1. The summed E-state index contributed by atoms with van der Waals surface area (Å²) in [5, 5.41) is 5.82. The van der Waals surface area contributed by atoms with E-state index in [0.29, 0.717) is 22.9 Å². The normalized spacial score (nSPS) is 10.8. The van der Waals surface area contributed by atoms with Crippen LogP contribution >= 0.6 is 11.3 Å². The lowest BCUT2D eigenvalue weighted by molar-refractivity contribution is -0.124. The Labute approximate surface area is 189 Å². The van der Waals surface area contributed by atoms with Gasteiger partial charge in [0, 0.05) is 22.9 Å². The molecule has 32 heavy (non-hydrogen) atoms. The van der Waals surface area contributed by atoms with Crippen LogP contribution in [0.2, 0.25) is 0 Å². The summed E-state index contributed by atoms with van der Waals surface area (Å²) in [5.41, 5.74) is 2.28. The van der Waals surface area contributed by atoms with Crippen molar-refractivity contribution in [3.05, 3.63) is 92.5 Å². The van der Waals surface area contributed by atoms with E-state index in [1.165, 1.54) is 15.9 Å². The summed E-state index contributed by atoms with van der Waals surface area (Å²) in [4.78, 5) is 39.2. The summed E-state index contributed by atoms with van der Waals surface area (Å²) < 4.78 is 6.62. The Morgan fingerprint density at radius 2 is 1.72 bits per heavy atom. The Morgan fingerprint density at radius 3 is 2.41 bits per heavy atom. The fourth-order valence-electron chi connectivity index (χ4n) is 3.57. The Morgan fingerprint density at radius 1 is 1.00 bits per heavy atom. The van der Waals surface area contributed by atoms with Crippen LogP contribution in [0.1, 0.15) is 20.9 Å². The van der Waals surface area contributed by atoms with Gasteiger partial charge in [-0.25, -0.2) is 4.79 Å². The van der Waals surface area contributed by atoms with Crippen molar-refractivity contribution in [1.82, 2.24) is 9.88 Å². The van der Waals surface area contributed by atoms with Crippen molar-refractivity contribution in [2.24, 2.45) is 7.05 Å². The van der Waals surface area contributed by atoms with E-state index in [2.05, 4.69) is 5.32 Å². The molecule has 0 spiro atoms. The standard InChI is InChI=1S/C25H22N2O4S/c1-16-9-11-17(12-10-16)22-19-7-3-4-8-20(19)24(29)27(2)23(22)25(30)31-15-21(28)26-14-18-6-5-13-32-18/h3-13H,14-15H2,1-2H3,(H,26,28). The number of aromatic nitrogens is 1. The molecule has 0 bridgehead atoms. The molecule has 0 aliphatic carbocycles. The van der Waals surface area contributed by atoms with E-state index in [1.54, 1.807) is 19.2 Å². The van der Waals surface area contributed by atoms with Crippen LogP contribution in [0.15, 0.2) is 70.8 Å². The van der Waals surface area contributed by atoms with Crippen molar-refractivity contribution >= 4 is 34.0 Å². The molecule has 162 valence electrons. The van der Waals surface area contributed by atoms with Gasteiger partial charge in [-0.05, 0) is 35.4 Å². The van der Waals surface area contributed by atoms with Crippen LogP contribution in [0.25, 0.3) is 21.9 Å². The van der Waals surface area contributed by atoms with E-state index in [-0.39, 0.29) is 11.3 Å². The van der Waals surface area contributed by atoms with E-state index >= 15 is 0 Å². The Bertz CT molecular complexity index is 1340. The van der Waals surface area contributed by atoms with Crippen LogP contribution in [0.3, 0.4) is 0 Å². The van der Waals surface area contributed by atoms with Gasteiger partial charge >= 0.3 is 5.97 Å². The van der Waals surface area contributed by atoms with Gasteiger partial charge < -0.3 is 14.6 Å². The van der Waals surface area contributed by atoms with Crippen LogP contribution < -0.4 is 10.9 Å². The summed E-state index contributed by atoms with van der Waals surface area (Å²) in [6.07, 6.45) is 0. The number of aryl methyl sites for hydroxylation is 1. The number of rotatable bonds is 6. The third-order valence-electron chi connectivity index (χ3n) is 5.21. The number of thiophene rings is 1. The van der Waals surface area contributed by atoms with Crippen molar-refractivity contribution in [1.29, 1.82) is 0 Å². The first-order valence-electron chi connectivity index (χ1n) is 10.1. The third-order valence-corrected chi connectivity index (χ3v) is 6.09. The van der Waals surface area contributed by atoms with Gasteiger partial charge in [-0.3, -0.25) is 9.59 Å². The molecule has 1 amide bonds. The van der Waals surface area contributed by atoms with Gasteiger partial charge in [0.15, 0.2) is 6.61 Å². The molecule has 6 nitrogen and oxygen atoms in total. The van der Waals surface area contributed by atoms with Crippen LogP contribution in [0, 0.1) is 6.92 Å². The van der Waals surface area contributed by atoms with Gasteiger partial charge in [-0.2, -0.15) is 0 Å². The summed E-state index contributed by atoms with van der Waals surface area (Å²) >= 11 is 1.53. The molecule has 7 heteroatoms. The molecule has 1 N–H and O–H groups in total. The predicted octanol–water partition coefficient (Wildman–Crippen LogP) is 4.05. The highest BCUT2D eigenvalue weighted by Gasteiger charge is 2.23. The molecule has 0 atom stereocenters. The van der Waals surface area contributed by atoms with Gasteiger partial charge in [0.1, 0.15) is 5.69 Å². The van der Waals surface area contributed by atoms with Crippen LogP contribution in [-0.4, -0.2) is 23.1 Å². The molecular formula is C25H22N2O4S. The van der Waals surface area contributed by atoms with Gasteiger partial charge in [-0.15, -0.1) is 11.3 Å². The minimum absolute atomic E-state index is 0.114. The molecule has 0 unspecified atom stereocenters. The number of nitrogens with one attached hydrogen (secondary N) is 1. The van der Waals surface area contributed by atoms with Gasteiger partial charge in [0.25, 0.3) is 11.5 Å². The number of amides is 1. The zero-order chi connectivity index (χ0) is 22.7. The second-order valence-corrected chi connectivity index (χ2v) is 8.46. The molecule has 2 aromatic carbocycles. The van der Waals surface area contributed by atoms with Crippen molar-refractivity contribution < 1.29 is 14.3 Å². The minimum Gasteiger partial charge on any atom is -0.451 e. The lowest BCUT2D eigenvalue weighted by Gasteiger charge is -2.17. The average molecular weight is 447 g/mol. The zero-order valence-electron chi connectivity index (χ0n) is 17.8. The molecule has 2 heterocycles. The van der Waals surface area contributed by atoms with E-state index in [1.807, 2.05) is 60.8 Å². The highest BCUT2D eigenvalue weighted by molar-refractivity contribution is 7.09. The van der Waals surface area contributed by atoms with Crippen molar-refractivity contribution in [3.8, 4) is 11.1 Å². The molecule has 4 aromatic rings. The zero-order valence-corrected chi connectivity index (χ0v) is 18.6. The SMILES string of the molecule is Cc1ccc(-c2c(C(=O)OCC(=O)NCc3cccs3)n(C)c(=O)c3ccccc23)cc1. The summed E-state index contributed by atoms with van der Waals surface area (Å²) in [6.45, 7) is 1.92. The molecule has 0 radical (unpaired) electrons. The lowest BCUT2D eigenvalue weighted by atomic mass is 9.96. The largest absolute Gasteiger partial charge is 0.451 e.